The summed E-state index contributed by atoms with van der Waals surface area (Å²) in [6.07, 6.45) is 14.7. The molecule has 4 fully saturated rings. The predicted octanol–water partition coefficient (Wildman–Crippen LogP) is 3.61. The first kappa shape index (κ1) is 17.1. The topological polar surface area (TPSA) is 55.4 Å². The molecule has 0 saturated heterocycles. The Morgan fingerprint density at radius 1 is 1.16 bits per heavy atom. The van der Waals surface area contributed by atoms with Gasteiger partial charge in [-0.2, -0.15) is 0 Å². The molecule has 4 bridgehead atoms. The molecule has 0 spiro atoms. The second-order valence-electron chi connectivity index (χ2n) is 9.20. The van der Waals surface area contributed by atoms with Gasteiger partial charge in [0.15, 0.2) is 6.61 Å². The molecule has 0 unspecified atom stereocenters. The lowest BCUT2D eigenvalue weighted by atomic mass is 9.48. The van der Waals surface area contributed by atoms with E-state index in [1.54, 1.807) is 0 Å². The van der Waals surface area contributed by atoms with Crippen LogP contribution >= 0.6 is 0 Å². The summed E-state index contributed by atoms with van der Waals surface area (Å²) in [7, 11) is 0. The third-order valence-electron chi connectivity index (χ3n) is 7.29. The molecule has 5 aliphatic rings. The molecular weight excluding hydrogens is 314 g/mol. The average molecular weight is 345 g/mol. The highest BCUT2D eigenvalue weighted by Gasteiger charge is 2.53. The minimum atomic E-state index is -0.255. The van der Waals surface area contributed by atoms with E-state index in [2.05, 4.69) is 24.4 Å². The van der Waals surface area contributed by atoms with Gasteiger partial charge in [-0.15, -0.1) is 0 Å². The number of amides is 1. The van der Waals surface area contributed by atoms with Crippen molar-refractivity contribution in [1.29, 1.82) is 0 Å². The normalized spacial score (nSPS) is 39.4. The number of hydrogen-bond donors (Lipinski definition) is 1. The van der Waals surface area contributed by atoms with E-state index in [1.807, 2.05) is 0 Å². The highest BCUT2D eigenvalue weighted by molar-refractivity contribution is 5.80. The molecule has 2 atom stereocenters. The first-order valence-corrected chi connectivity index (χ1v) is 10.1. The Morgan fingerprint density at radius 3 is 2.36 bits per heavy atom. The maximum atomic E-state index is 12.3. The van der Waals surface area contributed by atoms with Gasteiger partial charge in [0.2, 0.25) is 0 Å². The molecule has 138 valence electrons. The Morgan fingerprint density at radius 2 is 1.80 bits per heavy atom. The fourth-order valence-electron chi connectivity index (χ4n) is 6.43. The second kappa shape index (κ2) is 6.77. The largest absolute Gasteiger partial charge is 0.456 e. The molecule has 1 amide bonds. The fourth-order valence-corrected chi connectivity index (χ4v) is 6.43. The molecule has 0 radical (unpaired) electrons. The summed E-state index contributed by atoms with van der Waals surface area (Å²) >= 11 is 0. The maximum absolute atomic E-state index is 12.3. The van der Waals surface area contributed by atoms with Crippen LogP contribution in [0.3, 0.4) is 0 Å². The van der Waals surface area contributed by atoms with E-state index in [4.69, 9.17) is 4.74 Å². The van der Waals surface area contributed by atoms with Gasteiger partial charge in [0.25, 0.3) is 5.91 Å². The van der Waals surface area contributed by atoms with Crippen LogP contribution in [-0.4, -0.2) is 24.5 Å². The summed E-state index contributed by atoms with van der Waals surface area (Å²) in [5.41, 5.74) is 0.295. The first-order valence-electron chi connectivity index (χ1n) is 10.1. The van der Waals surface area contributed by atoms with Crippen LogP contribution in [0.25, 0.3) is 0 Å². The van der Waals surface area contributed by atoms with Gasteiger partial charge in [0.05, 0.1) is 6.42 Å². The van der Waals surface area contributed by atoms with Gasteiger partial charge in [0.1, 0.15) is 0 Å². The van der Waals surface area contributed by atoms with Crippen molar-refractivity contribution in [3.8, 4) is 0 Å². The molecule has 25 heavy (non-hydrogen) atoms. The lowest BCUT2D eigenvalue weighted by Gasteiger charge is -2.59. The van der Waals surface area contributed by atoms with Crippen molar-refractivity contribution >= 4 is 11.9 Å². The zero-order chi connectivity index (χ0) is 17.4. The Balaban J connectivity index is 1.25. The van der Waals surface area contributed by atoms with Crippen molar-refractivity contribution in [2.45, 2.75) is 70.8 Å². The number of rotatable bonds is 6. The van der Waals surface area contributed by atoms with Crippen LogP contribution in [0.5, 0.6) is 0 Å². The number of ether oxygens (including phenoxy) is 1. The molecule has 0 heterocycles. The smallest absolute Gasteiger partial charge is 0.306 e. The predicted molar refractivity (Wildman–Crippen MR) is 95.6 cm³/mol. The Bertz CT molecular complexity index is 532. The van der Waals surface area contributed by atoms with Crippen LogP contribution in [0.15, 0.2) is 12.2 Å². The van der Waals surface area contributed by atoms with E-state index < -0.39 is 0 Å². The summed E-state index contributed by atoms with van der Waals surface area (Å²) in [5, 5.41) is 3.16. The van der Waals surface area contributed by atoms with Crippen LogP contribution in [0.4, 0.5) is 0 Å². The molecule has 4 nitrogen and oxygen atoms in total. The third-order valence-corrected chi connectivity index (χ3v) is 7.29. The van der Waals surface area contributed by atoms with Crippen molar-refractivity contribution in [3.05, 3.63) is 12.2 Å². The minimum absolute atomic E-state index is 0.133. The van der Waals surface area contributed by atoms with Gasteiger partial charge in [-0.25, -0.2) is 0 Å². The van der Waals surface area contributed by atoms with E-state index in [1.165, 1.54) is 38.5 Å². The molecule has 0 aromatic rings. The van der Waals surface area contributed by atoms with Crippen molar-refractivity contribution in [1.82, 2.24) is 5.32 Å². The molecular formula is C21H31NO3. The van der Waals surface area contributed by atoms with E-state index in [0.29, 0.717) is 17.8 Å². The standard InChI is InChI=1S/C21H31NO3/c1-14(21-10-16-6-17(11-21)8-18(7-16)12-21)22-19(23)13-25-20(24)9-15-4-2-3-5-15/h2,4,14-18H,3,5-13H2,1H3,(H,22,23)/t14-,15+,16?,17?,18?,21?/m1/s1. The summed E-state index contributed by atoms with van der Waals surface area (Å²) in [5.74, 6) is 2.53. The van der Waals surface area contributed by atoms with Crippen LogP contribution in [-0.2, 0) is 14.3 Å². The van der Waals surface area contributed by atoms with Crippen molar-refractivity contribution < 1.29 is 14.3 Å². The number of hydrogen-bond acceptors (Lipinski definition) is 3. The van der Waals surface area contributed by atoms with E-state index in [0.717, 1.165) is 30.6 Å². The van der Waals surface area contributed by atoms with Crippen molar-refractivity contribution in [2.75, 3.05) is 6.61 Å². The molecule has 0 aromatic heterocycles. The maximum Gasteiger partial charge on any atom is 0.306 e. The van der Waals surface area contributed by atoms with Crippen LogP contribution < -0.4 is 5.32 Å². The molecule has 0 aliphatic heterocycles. The quantitative estimate of drug-likeness (QED) is 0.591. The minimum Gasteiger partial charge on any atom is -0.456 e. The summed E-state index contributed by atoms with van der Waals surface area (Å²) in [6.45, 7) is 2.03. The van der Waals surface area contributed by atoms with Gasteiger partial charge in [-0.05, 0) is 87.4 Å². The summed E-state index contributed by atoms with van der Waals surface area (Å²) in [4.78, 5) is 24.2. The Kier molecular flexibility index (Phi) is 4.63. The molecule has 4 heteroatoms. The van der Waals surface area contributed by atoms with Crippen LogP contribution in [0.1, 0.15) is 64.7 Å². The molecule has 5 rings (SSSR count). The number of esters is 1. The highest BCUT2D eigenvalue weighted by atomic mass is 16.5. The second-order valence-corrected chi connectivity index (χ2v) is 9.20. The third kappa shape index (κ3) is 3.63. The number of nitrogens with one attached hydrogen (secondary N) is 1. The highest BCUT2D eigenvalue weighted by Crippen LogP contribution is 2.61. The summed E-state index contributed by atoms with van der Waals surface area (Å²) < 4.78 is 5.20. The van der Waals surface area contributed by atoms with Gasteiger partial charge in [-0.3, -0.25) is 9.59 Å². The average Bonchev–Trinajstić information content (AvgIpc) is 3.04. The van der Waals surface area contributed by atoms with Gasteiger partial charge < -0.3 is 10.1 Å². The molecule has 0 aromatic carbocycles. The van der Waals surface area contributed by atoms with Crippen molar-refractivity contribution in [2.24, 2.45) is 29.1 Å². The fraction of sp³-hybridized carbons (Fsp3) is 0.810. The zero-order valence-corrected chi connectivity index (χ0v) is 15.3. The zero-order valence-electron chi connectivity index (χ0n) is 15.3. The van der Waals surface area contributed by atoms with E-state index in [9.17, 15) is 9.59 Å². The van der Waals surface area contributed by atoms with Gasteiger partial charge >= 0.3 is 5.97 Å². The Labute approximate surface area is 150 Å². The Hall–Kier alpha value is -1.32. The molecule has 4 saturated carbocycles. The monoisotopic (exact) mass is 345 g/mol. The first-order chi connectivity index (χ1) is 12.0. The molecule has 5 aliphatic carbocycles. The lowest BCUT2D eigenvalue weighted by molar-refractivity contribution is -0.150. The SMILES string of the molecule is C[C@@H](NC(=O)COC(=O)C[C@H]1C=CCC1)C12CC3CC(CC(C3)C1)C2. The van der Waals surface area contributed by atoms with E-state index in [-0.39, 0.29) is 24.5 Å². The number of carbonyl (C=O) groups is 2. The van der Waals surface area contributed by atoms with Gasteiger partial charge in [0, 0.05) is 6.04 Å². The lowest BCUT2D eigenvalue weighted by Crippen LogP contribution is -2.56. The van der Waals surface area contributed by atoms with E-state index >= 15 is 0 Å². The summed E-state index contributed by atoms with van der Waals surface area (Å²) in [6, 6.07) is 0.185. The van der Waals surface area contributed by atoms with Gasteiger partial charge in [-0.1, -0.05) is 12.2 Å². The number of allylic oxidation sites excluding steroid dienone is 2. The van der Waals surface area contributed by atoms with Crippen LogP contribution in [0.2, 0.25) is 0 Å². The number of carbonyl (C=O) groups excluding carboxylic acids is 2. The molecule has 1 N–H and O–H groups in total. The van der Waals surface area contributed by atoms with Crippen LogP contribution in [0, 0.1) is 29.1 Å². The van der Waals surface area contributed by atoms with Crippen molar-refractivity contribution in [3.63, 3.8) is 0 Å².